The number of hydrogen-bond donors (Lipinski definition) is 1. The van der Waals surface area contributed by atoms with Gasteiger partial charge in [-0.05, 0) is 19.3 Å². The first kappa shape index (κ1) is 24.5. The third-order valence-electron chi connectivity index (χ3n) is 5.18. The molecule has 0 aliphatic heterocycles. The van der Waals surface area contributed by atoms with Gasteiger partial charge in [0.1, 0.15) is 0 Å². The normalized spacial score (nSPS) is 11.2. The first-order valence-corrected chi connectivity index (χ1v) is 11.5. The summed E-state index contributed by atoms with van der Waals surface area (Å²) in [5, 5.41) is 3.34. The highest BCUT2D eigenvalue weighted by molar-refractivity contribution is 5.76. The van der Waals surface area contributed by atoms with Gasteiger partial charge in [0.2, 0.25) is 5.91 Å². The van der Waals surface area contributed by atoms with Crippen LogP contribution in [0.4, 0.5) is 0 Å². The van der Waals surface area contributed by atoms with E-state index in [2.05, 4.69) is 26.1 Å². The highest BCUT2D eigenvalue weighted by Crippen LogP contribution is 2.15. The van der Waals surface area contributed by atoms with Gasteiger partial charge in [0.15, 0.2) is 0 Å². The molecule has 0 aromatic carbocycles. The second-order valence-corrected chi connectivity index (χ2v) is 7.83. The molecule has 0 aliphatic carbocycles. The maximum absolute atomic E-state index is 12.2. The molecule has 0 unspecified atom stereocenters. The Bertz CT molecular complexity index is 261. The van der Waals surface area contributed by atoms with Gasteiger partial charge < -0.3 is 5.32 Å². The average Bonchev–Trinajstić information content (AvgIpc) is 2.60. The summed E-state index contributed by atoms with van der Waals surface area (Å²) >= 11 is 0. The third-order valence-corrected chi connectivity index (χ3v) is 5.18. The Balaban J connectivity index is 3.97. The summed E-state index contributed by atoms with van der Waals surface area (Å²) in [4.78, 5) is 12.2. The molecule has 0 aromatic heterocycles. The zero-order valence-electron chi connectivity index (χ0n) is 17.7. The van der Waals surface area contributed by atoms with E-state index >= 15 is 0 Å². The molecule has 0 heterocycles. The lowest BCUT2D eigenvalue weighted by Crippen LogP contribution is -2.34. The van der Waals surface area contributed by atoms with Crippen LogP contribution < -0.4 is 5.32 Å². The van der Waals surface area contributed by atoms with E-state index in [1.165, 1.54) is 103 Å². The number of unbranched alkanes of at least 4 members (excludes halogenated alkanes) is 12. The quantitative estimate of drug-likeness (QED) is 0.239. The van der Waals surface area contributed by atoms with E-state index in [1.807, 2.05) is 0 Å². The number of hydrogen-bond acceptors (Lipinski definition) is 1. The molecule has 0 bridgehead atoms. The van der Waals surface area contributed by atoms with Crippen LogP contribution in [0.25, 0.3) is 0 Å². The number of rotatable bonds is 19. The maximum Gasteiger partial charge on any atom is 0.220 e. The summed E-state index contributed by atoms with van der Waals surface area (Å²) in [6.45, 7) is 6.73. The maximum atomic E-state index is 12.2. The van der Waals surface area contributed by atoms with Crippen LogP contribution in [0.15, 0.2) is 0 Å². The fraction of sp³-hybridized carbons (Fsp3) is 0.957. The molecule has 1 N–H and O–H groups in total. The van der Waals surface area contributed by atoms with Crippen molar-refractivity contribution in [2.75, 3.05) is 0 Å². The van der Waals surface area contributed by atoms with Crippen LogP contribution in [0, 0.1) is 0 Å². The Morgan fingerprint density at radius 2 is 1.00 bits per heavy atom. The van der Waals surface area contributed by atoms with Crippen molar-refractivity contribution in [1.29, 1.82) is 0 Å². The molecule has 0 fully saturated rings. The average molecular weight is 354 g/mol. The van der Waals surface area contributed by atoms with Crippen molar-refractivity contribution >= 4 is 5.91 Å². The van der Waals surface area contributed by atoms with Gasteiger partial charge in [-0.25, -0.2) is 0 Å². The van der Waals surface area contributed by atoms with Crippen molar-refractivity contribution in [3.8, 4) is 0 Å². The largest absolute Gasteiger partial charge is 0.353 e. The van der Waals surface area contributed by atoms with Crippen LogP contribution in [-0.4, -0.2) is 11.9 Å². The van der Waals surface area contributed by atoms with Crippen molar-refractivity contribution in [1.82, 2.24) is 5.32 Å². The molecule has 2 nitrogen and oxygen atoms in total. The lowest BCUT2D eigenvalue weighted by atomic mass is 9.99. The minimum Gasteiger partial charge on any atom is -0.353 e. The summed E-state index contributed by atoms with van der Waals surface area (Å²) in [6, 6.07) is 0.423. The fourth-order valence-electron chi connectivity index (χ4n) is 3.47. The van der Waals surface area contributed by atoms with Gasteiger partial charge in [0, 0.05) is 12.5 Å². The topological polar surface area (TPSA) is 29.1 Å². The van der Waals surface area contributed by atoms with Crippen LogP contribution in [0.2, 0.25) is 0 Å². The zero-order valence-corrected chi connectivity index (χ0v) is 17.7. The first-order valence-electron chi connectivity index (χ1n) is 11.5. The highest BCUT2D eigenvalue weighted by atomic mass is 16.1. The van der Waals surface area contributed by atoms with E-state index in [1.54, 1.807) is 0 Å². The number of carbonyl (C=O) groups is 1. The van der Waals surface area contributed by atoms with Gasteiger partial charge in [0.05, 0.1) is 0 Å². The third kappa shape index (κ3) is 18.1. The predicted octanol–water partition coefficient (Wildman–Crippen LogP) is 7.55. The Morgan fingerprint density at radius 1 is 0.600 bits per heavy atom. The monoisotopic (exact) mass is 353 g/mol. The van der Waals surface area contributed by atoms with E-state index in [0.29, 0.717) is 6.04 Å². The van der Waals surface area contributed by atoms with E-state index < -0.39 is 0 Å². The Labute approximate surface area is 158 Å². The molecular weight excluding hydrogens is 306 g/mol. The van der Waals surface area contributed by atoms with Crippen molar-refractivity contribution in [2.45, 2.75) is 142 Å². The van der Waals surface area contributed by atoms with E-state index in [9.17, 15) is 4.79 Å². The van der Waals surface area contributed by atoms with E-state index in [4.69, 9.17) is 0 Å². The second-order valence-electron chi connectivity index (χ2n) is 7.83. The molecule has 0 radical (unpaired) electrons. The molecule has 0 rings (SSSR count). The number of nitrogens with one attached hydrogen (secondary N) is 1. The summed E-state index contributed by atoms with van der Waals surface area (Å²) < 4.78 is 0. The molecular formula is C23H47NO. The Morgan fingerprint density at radius 3 is 1.48 bits per heavy atom. The lowest BCUT2D eigenvalue weighted by molar-refractivity contribution is -0.122. The van der Waals surface area contributed by atoms with Gasteiger partial charge in [-0.2, -0.15) is 0 Å². The number of amides is 1. The molecule has 2 heteroatoms. The minimum atomic E-state index is 0.287. The van der Waals surface area contributed by atoms with Crippen LogP contribution in [0.1, 0.15) is 136 Å². The fourth-order valence-corrected chi connectivity index (χ4v) is 3.47. The lowest BCUT2D eigenvalue weighted by Gasteiger charge is -2.19. The van der Waals surface area contributed by atoms with E-state index in [0.717, 1.165) is 12.8 Å². The van der Waals surface area contributed by atoms with Crippen molar-refractivity contribution in [3.05, 3.63) is 0 Å². The SMILES string of the molecule is CCCCCCCCC(CCCCCCCC)NC(=O)CCCCC. The molecule has 0 saturated carbocycles. The predicted molar refractivity (Wildman–Crippen MR) is 112 cm³/mol. The van der Waals surface area contributed by atoms with Crippen molar-refractivity contribution < 1.29 is 4.79 Å². The second kappa shape index (κ2) is 19.8. The smallest absolute Gasteiger partial charge is 0.220 e. The molecule has 0 aliphatic rings. The van der Waals surface area contributed by atoms with Gasteiger partial charge in [0.25, 0.3) is 0 Å². The Kier molecular flexibility index (Phi) is 19.4. The Hall–Kier alpha value is -0.530. The molecule has 0 aromatic rings. The van der Waals surface area contributed by atoms with Crippen LogP contribution in [-0.2, 0) is 4.79 Å². The highest BCUT2D eigenvalue weighted by Gasteiger charge is 2.11. The first-order chi connectivity index (χ1) is 12.2. The van der Waals surface area contributed by atoms with Crippen LogP contribution >= 0.6 is 0 Å². The molecule has 0 saturated heterocycles. The minimum absolute atomic E-state index is 0.287. The molecule has 0 spiro atoms. The summed E-state index contributed by atoms with van der Waals surface area (Å²) in [7, 11) is 0. The number of carbonyl (C=O) groups excluding carboxylic acids is 1. The van der Waals surface area contributed by atoms with Crippen LogP contribution in [0.5, 0.6) is 0 Å². The van der Waals surface area contributed by atoms with E-state index in [-0.39, 0.29) is 5.91 Å². The zero-order chi connectivity index (χ0) is 18.6. The molecule has 1 amide bonds. The molecule has 0 atom stereocenters. The molecule has 25 heavy (non-hydrogen) atoms. The summed E-state index contributed by atoms with van der Waals surface area (Å²) in [5.74, 6) is 0.287. The van der Waals surface area contributed by atoms with Crippen molar-refractivity contribution in [3.63, 3.8) is 0 Å². The van der Waals surface area contributed by atoms with Crippen LogP contribution in [0.3, 0.4) is 0 Å². The summed E-state index contributed by atoms with van der Waals surface area (Å²) in [5.41, 5.74) is 0. The van der Waals surface area contributed by atoms with Gasteiger partial charge in [-0.3, -0.25) is 4.79 Å². The van der Waals surface area contributed by atoms with Gasteiger partial charge in [-0.1, -0.05) is 111 Å². The molecule has 150 valence electrons. The standard InChI is InChI=1S/C23H47NO/c1-4-7-10-12-14-17-19-22(20-18-15-13-11-8-5-2)24-23(25)21-16-9-6-3/h22H,4-21H2,1-3H3,(H,24,25). The van der Waals surface area contributed by atoms with Crippen molar-refractivity contribution in [2.24, 2.45) is 0 Å². The van der Waals surface area contributed by atoms with Gasteiger partial charge >= 0.3 is 0 Å². The summed E-state index contributed by atoms with van der Waals surface area (Å²) in [6.07, 6.45) is 22.6. The van der Waals surface area contributed by atoms with Gasteiger partial charge in [-0.15, -0.1) is 0 Å².